The molecule has 0 radical (unpaired) electrons. The second-order valence-electron chi connectivity index (χ2n) is 8.73. The molecule has 6 nitrogen and oxygen atoms in total. The topological polar surface area (TPSA) is 78.5 Å². The van der Waals surface area contributed by atoms with Crippen LogP contribution < -0.4 is 10.6 Å². The molecule has 0 fully saturated rings. The second-order valence-corrected chi connectivity index (χ2v) is 10.7. The van der Waals surface area contributed by atoms with Crippen molar-refractivity contribution in [3.63, 3.8) is 0 Å². The van der Waals surface area contributed by atoms with Crippen molar-refractivity contribution in [2.45, 2.75) is 39.0 Å². The van der Waals surface area contributed by atoms with E-state index in [1.165, 1.54) is 16.7 Å². The van der Waals surface area contributed by atoms with Crippen molar-refractivity contribution in [2.75, 3.05) is 17.2 Å². The van der Waals surface area contributed by atoms with Crippen LogP contribution in [0, 0.1) is 11.8 Å². The van der Waals surface area contributed by atoms with Crippen LogP contribution in [0.3, 0.4) is 0 Å². The van der Waals surface area contributed by atoms with Crippen LogP contribution in [-0.2, 0) is 14.4 Å². The quantitative estimate of drug-likeness (QED) is 0.397. The fraction of sp³-hybridized carbons (Fsp3) is 0.320. The Balaban J connectivity index is 1.89. The van der Waals surface area contributed by atoms with Crippen LogP contribution in [0.2, 0.25) is 0 Å². The summed E-state index contributed by atoms with van der Waals surface area (Å²) in [7, 11) is 0. The summed E-state index contributed by atoms with van der Waals surface area (Å²) < 4.78 is 0.920. The van der Waals surface area contributed by atoms with Gasteiger partial charge in [-0.1, -0.05) is 61.5 Å². The lowest BCUT2D eigenvalue weighted by Crippen LogP contribution is -2.35. The molecule has 0 aliphatic carbocycles. The van der Waals surface area contributed by atoms with Gasteiger partial charge in [0.2, 0.25) is 5.91 Å². The number of nitrogens with zero attached hydrogens (tertiary/aromatic N) is 1. The number of carbonyl (C=O) groups is 3. The molecule has 0 saturated carbocycles. The molecule has 2 N–H and O–H groups in total. The Hall–Kier alpha value is -2.58. The van der Waals surface area contributed by atoms with E-state index in [-0.39, 0.29) is 35.3 Å². The maximum absolute atomic E-state index is 13.2. The van der Waals surface area contributed by atoms with Gasteiger partial charge in [0.1, 0.15) is 10.6 Å². The van der Waals surface area contributed by atoms with Gasteiger partial charge < -0.3 is 10.6 Å². The van der Waals surface area contributed by atoms with Gasteiger partial charge >= 0.3 is 0 Å². The molecule has 174 valence electrons. The Morgan fingerprint density at radius 1 is 0.970 bits per heavy atom. The zero-order valence-electron chi connectivity index (χ0n) is 19.1. The van der Waals surface area contributed by atoms with Crippen LogP contribution in [0.15, 0.2) is 68.5 Å². The Bertz CT molecular complexity index is 1080. The molecule has 3 rings (SSSR count). The van der Waals surface area contributed by atoms with Gasteiger partial charge in [0.05, 0.1) is 0 Å². The van der Waals surface area contributed by atoms with Crippen molar-refractivity contribution in [2.24, 2.45) is 11.8 Å². The predicted octanol–water partition coefficient (Wildman–Crippen LogP) is 5.87. The molecule has 0 aromatic heterocycles. The lowest BCUT2D eigenvalue weighted by molar-refractivity contribution is -0.137. The number of halogens is 1. The molecule has 2 aromatic rings. The highest BCUT2D eigenvalue weighted by Gasteiger charge is 2.39. The van der Waals surface area contributed by atoms with Gasteiger partial charge in [0, 0.05) is 33.7 Å². The highest BCUT2D eigenvalue weighted by atomic mass is 79.9. The number of amides is 3. The normalized spacial score (nSPS) is 14.0. The summed E-state index contributed by atoms with van der Waals surface area (Å²) in [6.07, 6.45) is 0.431. The predicted molar refractivity (Wildman–Crippen MR) is 137 cm³/mol. The molecule has 0 saturated heterocycles. The van der Waals surface area contributed by atoms with Crippen molar-refractivity contribution in [1.82, 2.24) is 4.90 Å². The molecule has 0 atom stereocenters. The lowest BCUT2D eigenvalue weighted by atomic mass is 10.1. The zero-order chi connectivity index (χ0) is 24.1. The van der Waals surface area contributed by atoms with Crippen LogP contribution in [-0.4, -0.2) is 29.2 Å². The minimum atomic E-state index is -0.333. The first-order valence-electron chi connectivity index (χ1n) is 10.8. The number of benzene rings is 2. The Morgan fingerprint density at radius 2 is 1.67 bits per heavy atom. The smallest absolute Gasteiger partial charge is 0.278 e. The molecule has 2 aromatic carbocycles. The molecule has 33 heavy (non-hydrogen) atoms. The van der Waals surface area contributed by atoms with Crippen molar-refractivity contribution in [3.8, 4) is 0 Å². The molecule has 1 aliphatic rings. The Labute approximate surface area is 207 Å². The third-order valence-corrected chi connectivity index (χ3v) is 6.32. The van der Waals surface area contributed by atoms with E-state index in [1.54, 1.807) is 0 Å². The summed E-state index contributed by atoms with van der Waals surface area (Å²) in [4.78, 5) is 40.9. The number of hydrogen-bond acceptors (Lipinski definition) is 5. The fourth-order valence-electron chi connectivity index (χ4n) is 3.31. The van der Waals surface area contributed by atoms with Gasteiger partial charge in [-0.05, 0) is 54.3 Å². The molecule has 0 unspecified atom stereocenters. The number of hydrogen-bond donors (Lipinski definition) is 2. The minimum Gasteiger partial charge on any atom is -0.350 e. The van der Waals surface area contributed by atoms with Crippen LogP contribution in [0.25, 0.3) is 0 Å². The molecule has 0 spiro atoms. The third kappa shape index (κ3) is 6.71. The van der Waals surface area contributed by atoms with Gasteiger partial charge in [0.25, 0.3) is 11.8 Å². The van der Waals surface area contributed by atoms with Crippen molar-refractivity contribution < 1.29 is 14.4 Å². The van der Waals surface area contributed by atoms with Gasteiger partial charge in [-0.25, -0.2) is 0 Å². The summed E-state index contributed by atoms with van der Waals surface area (Å²) in [6.45, 7) is 8.26. The number of carbonyl (C=O) groups excluding carboxylic acids is 3. The van der Waals surface area contributed by atoms with E-state index in [9.17, 15) is 14.4 Å². The van der Waals surface area contributed by atoms with Crippen LogP contribution in [0.4, 0.5) is 11.4 Å². The average Bonchev–Trinajstić information content (AvgIpc) is 2.93. The summed E-state index contributed by atoms with van der Waals surface area (Å²) in [5.74, 6) is -0.294. The van der Waals surface area contributed by atoms with Gasteiger partial charge in [-0.3, -0.25) is 19.3 Å². The minimum absolute atomic E-state index is 0.0563. The van der Waals surface area contributed by atoms with Crippen molar-refractivity contribution in [1.29, 1.82) is 0 Å². The van der Waals surface area contributed by atoms with E-state index in [0.29, 0.717) is 29.2 Å². The number of imide groups is 1. The van der Waals surface area contributed by atoms with Gasteiger partial charge in [-0.2, -0.15) is 0 Å². The Morgan fingerprint density at radius 3 is 2.30 bits per heavy atom. The van der Waals surface area contributed by atoms with Crippen LogP contribution in [0.5, 0.6) is 0 Å². The van der Waals surface area contributed by atoms with E-state index in [2.05, 4.69) is 26.6 Å². The number of thioether (sulfide) groups is 1. The largest absolute Gasteiger partial charge is 0.350 e. The van der Waals surface area contributed by atoms with Crippen molar-refractivity contribution in [3.05, 3.63) is 63.6 Å². The summed E-state index contributed by atoms with van der Waals surface area (Å²) >= 11 is 4.63. The van der Waals surface area contributed by atoms with E-state index >= 15 is 0 Å². The number of nitrogens with one attached hydrogen (secondary N) is 2. The average molecular weight is 530 g/mol. The van der Waals surface area contributed by atoms with E-state index in [1.807, 2.05) is 76.2 Å². The summed E-state index contributed by atoms with van der Waals surface area (Å²) in [6, 6.07) is 14.7. The molecule has 0 bridgehead atoms. The van der Waals surface area contributed by atoms with E-state index < -0.39 is 0 Å². The van der Waals surface area contributed by atoms with Crippen LogP contribution >= 0.6 is 27.7 Å². The second kappa shape index (κ2) is 11.0. The third-order valence-electron chi connectivity index (χ3n) is 4.72. The van der Waals surface area contributed by atoms with E-state index in [0.717, 1.165) is 9.37 Å². The molecular weight excluding hydrogens is 502 g/mol. The SMILES string of the molecule is CC(C)CC(=O)Nc1cccc(SC2=C(Nc3ccc(Br)cc3)C(=O)N(CC(C)C)C2=O)c1. The highest BCUT2D eigenvalue weighted by molar-refractivity contribution is 9.10. The molecule has 8 heteroatoms. The zero-order valence-corrected chi connectivity index (χ0v) is 21.5. The van der Waals surface area contributed by atoms with E-state index in [4.69, 9.17) is 0 Å². The van der Waals surface area contributed by atoms with Crippen molar-refractivity contribution >= 4 is 56.8 Å². The number of anilines is 2. The monoisotopic (exact) mass is 529 g/mol. The molecule has 1 heterocycles. The first-order valence-corrected chi connectivity index (χ1v) is 12.5. The molecule has 3 amide bonds. The lowest BCUT2D eigenvalue weighted by Gasteiger charge is -2.17. The first-order chi connectivity index (χ1) is 15.6. The standard InChI is InChI=1S/C25H28BrN3O3S/c1-15(2)12-21(30)27-19-6-5-7-20(13-19)33-23-22(28-18-10-8-17(26)9-11-18)24(31)29(25(23)32)14-16(3)4/h5-11,13,15-16,28H,12,14H2,1-4H3,(H,27,30). The first kappa shape index (κ1) is 25.1. The van der Waals surface area contributed by atoms with Gasteiger partial charge in [0.15, 0.2) is 0 Å². The fourth-order valence-corrected chi connectivity index (χ4v) is 4.58. The molecular formula is C25H28BrN3O3S. The van der Waals surface area contributed by atoms with Crippen LogP contribution in [0.1, 0.15) is 34.1 Å². The maximum atomic E-state index is 13.2. The Kier molecular flexibility index (Phi) is 8.37. The molecule has 1 aliphatic heterocycles. The van der Waals surface area contributed by atoms with Gasteiger partial charge in [-0.15, -0.1) is 0 Å². The highest BCUT2D eigenvalue weighted by Crippen LogP contribution is 2.37. The summed E-state index contributed by atoms with van der Waals surface area (Å²) in [5.41, 5.74) is 1.64. The maximum Gasteiger partial charge on any atom is 0.278 e. The number of rotatable bonds is 9. The summed E-state index contributed by atoms with van der Waals surface area (Å²) in [5, 5.41) is 6.05.